The summed E-state index contributed by atoms with van der Waals surface area (Å²) in [6.45, 7) is 0. The van der Waals surface area contributed by atoms with Crippen LogP contribution in [0, 0.1) is 0 Å². The Morgan fingerprint density at radius 1 is 1.05 bits per heavy atom. The molecule has 99 valence electrons. The van der Waals surface area contributed by atoms with Crippen molar-refractivity contribution >= 4 is 18.3 Å². The molecule has 0 fully saturated rings. The maximum absolute atomic E-state index is 11.6. The molecule has 1 radical (unpaired) electrons. The van der Waals surface area contributed by atoms with Crippen LogP contribution in [0.1, 0.15) is 17.2 Å². The van der Waals surface area contributed by atoms with Gasteiger partial charge in [0.25, 0.3) is 6.29 Å². The predicted molar refractivity (Wildman–Crippen MR) is 77.1 cm³/mol. The normalized spacial score (nSPS) is 12.0. The summed E-state index contributed by atoms with van der Waals surface area (Å²) in [5, 5.41) is 4.01. The lowest BCUT2D eigenvalue weighted by Crippen LogP contribution is -2.25. The van der Waals surface area contributed by atoms with E-state index in [4.69, 9.17) is 0 Å². The molecule has 4 heteroatoms. The minimum atomic E-state index is -0.811. The van der Waals surface area contributed by atoms with Crippen molar-refractivity contribution in [3.63, 3.8) is 0 Å². The zero-order chi connectivity index (χ0) is 14.2. The molecule has 0 saturated heterocycles. The van der Waals surface area contributed by atoms with Crippen molar-refractivity contribution in [1.29, 1.82) is 0 Å². The van der Waals surface area contributed by atoms with Crippen LogP contribution < -0.4 is 5.43 Å². The molecule has 0 aliphatic rings. The molecular formula is C16H13N2O2. The Morgan fingerprint density at radius 2 is 1.65 bits per heavy atom. The summed E-state index contributed by atoms with van der Waals surface area (Å²) in [6.07, 6.45) is 2.98. The third-order valence-corrected chi connectivity index (χ3v) is 2.71. The van der Waals surface area contributed by atoms with Crippen LogP contribution in [-0.2, 0) is 9.59 Å². The molecule has 20 heavy (non-hydrogen) atoms. The van der Waals surface area contributed by atoms with Crippen molar-refractivity contribution in [2.45, 2.75) is 6.04 Å². The van der Waals surface area contributed by atoms with Crippen LogP contribution in [0.3, 0.4) is 0 Å². The maximum Gasteiger partial charge on any atom is 0.274 e. The van der Waals surface area contributed by atoms with Crippen molar-refractivity contribution in [3.8, 4) is 0 Å². The second kappa shape index (κ2) is 6.99. The number of rotatable bonds is 6. The molecule has 0 saturated carbocycles. The minimum Gasteiger partial charge on any atom is -0.295 e. The first-order chi connectivity index (χ1) is 9.81. The van der Waals surface area contributed by atoms with E-state index in [1.54, 1.807) is 30.5 Å². The van der Waals surface area contributed by atoms with E-state index in [1.807, 2.05) is 36.4 Å². The number of hydrogen-bond acceptors (Lipinski definition) is 4. The van der Waals surface area contributed by atoms with Gasteiger partial charge in [0.15, 0.2) is 0 Å². The number of hydrogen-bond donors (Lipinski definition) is 1. The van der Waals surface area contributed by atoms with E-state index >= 15 is 0 Å². The first-order valence-electron chi connectivity index (χ1n) is 6.12. The fourth-order valence-corrected chi connectivity index (χ4v) is 1.71. The van der Waals surface area contributed by atoms with Crippen molar-refractivity contribution in [2.24, 2.45) is 5.10 Å². The van der Waals surface area contributed by atoms with Crippen LogP contribution in [0.25, 0.3) is 0 Å². The summed E-state index contributed by atoms with van der Waals surface area (Å²) in [6, 6.07) is 17.6. The highest BCUT2D eigenvalue weighted by molar-refractivity contribution is 6.27. The quantitative estimate of drug-likeness (QED) is 0.494. The second-order valence-electron chi connectivity index (χ2n) is 4.11. The molecule has 2 aromatic carbocycles. The Labute approximate surface area is 117 Å². The van der Waals surface area contributed by atoms with E-state index in [0.29, 0.717) is 5.56 Å². The van der Waals surface area contributed by atoms with Crippen LogP contribution in [-0.4, -0.2) is 18.3 Å². The van der Waals surface area contributed by atoms with E-state index in [2.05, 4.69) is 10.5 Å². The average Bonchev–Trinajstić information content (AvgIpc) is 2.53. The van der Waals surface area contributed by atoms with Gasteiger partial charge in [-0.25, -0.2) is 0 Å². The third-order valence-electron chi connectivity index (χ3n) is 2.71. The highest BCUT2D eigenvalue weighted by Crippen LogP contribution is 2.12. The van der Waals surface area contributed by atoms with Crippen molar-refractivity contribution in [3.05, 3.63) is 71.8 Å². The van der Waals surface area contributed by atoms with Gasteiger partial charge in [-0.3, -0.25) is 15.0 Å². The fourth-order valence-electron chi connectivity index (χ4n) is 1.71. The van der Waals surface area contributed by atoms with Gasteiger partial charge in [-0.2, -0.15) is 5.10 Å². The van der Waals surface area contributed by atoms with Gasteiger partial charge < -0.3 is 0 Å². The number of Topliss-reactive ketones (excluding diaryl/α,β-unsaturated/α-hetero) is 1. The first-order valence-corrected chi connectivity index (χ1v) is 6.12. The average molecular weight is 265 g/mol. The van der Waals surface area contributed by atoms with Crippen LogP contribution in [0.4, 0.5) is 0 Å². The summed E-state index contributed by atoms with van der Waals surface area (Å²) >= 11 is 0. The smallest absolute Gasteiger partial charge is 0.274 e. The van der Waals surface area contributed by atoms with E-state index in [-0.39, 0.29) is 0 Å². The van der Waals surface area contributed by atoms with E-state index < -0.39 is 11.8 Å². The number of hydrazone groups is 1. The lowest BCUT2D eigenvalue weighted by atomic mass is 10.0. The summed E-state index contributed by atoms with van der Waals surface area (Å²) in [5.41, 5.74) is 4.26. The summed E-state index contributed by atoms with van der Waals surface area (Å²) in [5.74, 6) is -0.679. The monoisotopic (exact) mass is 265 g/mol. The third kappa shape index (κ3) is 3.62. The van der Waals surface area contributed by atoms with Gasteiger partial charge in [-0.05, 0) is 11.1 Å². The summed E-state index contributed by atoms with van der Waals surface area (Å²) in [7, 11) is 0. The lowest BCUT2D eigenvalue weighted by Gasteiger charge is -2.12. The molecule has 0 aliphatic carbocycles. The van der Waals surface area contributed by atoms with Crippen molar-refractivity contribution in [2.75, 3.05) is 0 Å². The zero-order valence-corrected chi connectivity index (χ0v) is 10.7. The van der Waals surface area contributed by atoms with Gasteiger partial charge in [0.2, 0.25) is 5.78 Å². The van der Waals surface area contributed by atoms with Crippen molar-refractivity contribution < 1.29 is 9.59 Å². The molecule has 1 unspecified atom stereocenters. The second-order valence-corrected chi connectivity index (χ2v) is 4.11. The Kier molecular flexibility index (Phi) is 4.78. The number of carbonyl (C=O) groups is 1. The predicted octanol–water partition coefficient (Wildman–Crippen LogP) is 2.03. The van der Waals surface area contributed by atoms with Crippen LogP contribution >= 0.6 is 0 Å². The van der Waals surface area contributed by atoms with Crippen LogP contribution in [0.15, 0.2) is 65.8 Å². The zero-order valence-electron chi connectivity index (χ0n) is 10.7. The molecule has 0 bridgehead atoms. The summed E-state index contributed by atoms with van der Waals surface area (Å²) < 4.78 is 0. The summed E-state index contributed by atoms with van der Waals surface area (Å²) in [4.78, 5) is 22.2. The molecule has 0 spiro atoms. The number of benzene rings is 2. The van der Waals surface area contributed by atoms with E-state index in [1.165, 1.54) is 6.29 Å². The number of nitrogens with one attached hydrogen (secondary N) is 1. The Hall–Kier alpha value is -2.75. The molecule has 0 aliphatic heterocycles. The molecule has 1 N–H and O–H groups in total. The van der Waals surface area contributed by atoms with E-state index in [9.17, 15) is 9.59 Å². The van der Waals surface area contributed by atoms with Gasteiger partial charge in [-0.15, -0.1) is 0 Å². The number of nitrogens with zero attached hydrogens (tertiary/aromatic N) is 1. The maximum atomic E-state index is 11.6. The molecule has 0 aromatic heterocycles. The Bertz CT molecular complexity index is 594. The van der Waals surface area contributed by atoms with E-state index in [0.717, 1.165) is 5.56 Å². The molecule has 4 nitrogen and oxygen atoms in total. The van der Waals surface area contributed by atoms with Gasteiger partial charge in [0.1, 0.15) is 6.04 Å². The number of ketones is 1. The molecule has 2 rings (SSSR count). The van der Waals surface area contributed by atoms with Crippen LogP contribution in [0.2, 0.25) is 0 Å². The van der Waals surface area contributed by atoms with Gasteiger partial charge >= 0.3 is 0 Å². The SMILES string of the molecule is O=[C]C(=O)C(NN=Cc1ccccc1)c1ccccc1. The fraction of sp³-hybridized carbons (Fsp3) is 0.0625. The highest BCUT2D eigenvalue weighted by atomic mass is 16.2. The Balaban J connectivity index is 2.11. The Morgan fingerprint density at radius 3 is 2.25 bits per heavy atom. The molecular weight excluding hydrogens is 252 g/mol. The largest absolute Gasteiger partial charge is 0.295 e. The van der Waals surface area contributed by atoms with Crippen LogP contribution in [0.5, 0.6) is 0 Å². The topological polar surface area (TPSA) is 58.5 Å². The first kappa shape index (κ1) is 13.7. The van der Waals surface area contributed by atoms with Crippen molar-refractivity contribution in [1.82, 2.24) is 5.43 Å². The molecule has 2 aromatic rings. The molecule has 0 heterocycles. The highest BCUT2D eigenvalue weighted by Gasteiger charge is 2.19. The lowest BCUT2D eigenvalue weighted by molar-refractivity contribution is -0.115. The van der Waals surface area contributed by atoms with Gasteiger partial charge in [0, 0.05) is 0 Å². The minimum absolute atomic E-state index is 0.672. The van der Waals surface area contributed by atoms with Gasteiger partial charge in [-0.1, -0.05) is 60.7 Å². The molecule has 1 atom stereocenters. The van der Waals surface area contributed by atoms with Gasteiger partial charge in [0.05, 0.1) is 6.21 Å². The standard InChI is InChI=1S/C16H13N2O2/c19-12-15(20)16(14-9-5-2-6-10-14)18-17-11-13-7-3-1-4-8-13/h1-11,16,18H. The number of carbonyl (C=O) groups excluding carboxylic acids is 2. The molecule has 0 amide bonds.